The van der Waals surface area contributed by atoms with Crippen LogP contribution in [-0.4, -0.2) is 11.9 Å². The molecule has 2 heteroatoms. The van der Waals surface area contributed by atoms with Gasteiger partial charge in [0.25, 0.3) is 0 Å². The molecule has 0 aliphatic heterocycles. The molecular formula is C18H24ClN. The van der Waals surface area contributed by atoms with Crippen molar-refractivity contribution in [2.75, 3.05) is 6.54 Å². The first kappa shape index (κ1) is 15.3. The molecule has 0 aliphatic carbocycles. The van der Waals surface area contributed by atoms with E-state index in [4.69, 9.17) is 11.6 Å². The molecule has 20 heavy (non-hydrogen) atoms. The van der Waals surface area contributed by atoms with Crippen LogP contribution in [0.25, 0.3) is 10.8 Å². The fourth-order valence-electron chi connectivity index (χ4n) is 2.55. The predicted molar refractivity (Wildman–Crippen MR) is 89.4 cm³/mol. The number of benzene rings is 2. The lowest BCUT2D eigenvalue weighted by molar-refractivity contribution is 0.364. The van der Waals surface area contributed by atoms with E-state index in [-0.39, 0.29) is 10.8 Å². The Kier molecular flexibility index (Phi) is 5.06. The third-order valence-electron chi connectivity index (χ3n) is 3.40. The largest absolute Gasteiger partial charge is 0.311 e. The van der Waals surface area contributed by atoms with E-state index in [0.717, 1.165) is 19.5 Å². The van der Waals surface area contributed by atoms with Gasteiger partial charge in [-0.1, -0.05) is 63.2 Å². The maximum absolute atomic E-state index is 6.39. The highest BCUT2D eigenvalue weighted by atomic mass is 35.5. The summed E-state index contributed by atoms with van der Waals surface area (Å²) in [5.41, 5.74) is 1.62. The number of hydrogen-bond donors (Lipinski definition) is 1. The van der Waals surface area contributed by atoms with Crippen LogP contribution < -0.4 is 5.32 Å². The van der Waals surface area contributed by atoms with Gasteiger partial charge in [-0.05, 0) is 28.2 Å². The monoisotopic (exact) mass is 289 g/mol. The molecule has 0 amide bonds. The molecule has 0 aliphatic rings. The maximum Gasteiger partial charge on any atom is 0.0465 e. The number of fused-ring (bicyclic) bond motifs is 1. The molecule has 0 aromatic heterocycles. The second kappa shape index (κ2) is 6.60. The van der Waals surface area contributed by atoms with Crippen LogP contribution in [0.1, 0.15) is 32.8 Å². The van der Waals surface area contributed by atoms with Crippen molar-refractivity contribution in [1.29, 1.82) is 0 Å². The van der Waals surface area contributed by atoms with Crippen LogP contribution in [0.4, 0.5) is 0 Å². The molecule has 0 saturated carbocycles. The van der Waals surface area contributed by atoms with Crippen LogP contribution in [0.5, 0.6) is 0 Å². The minimum Gasteiger partial charge on any atom is -0.311 e. The Morgan fingerprint density at radius 2 is 1.75 bits per heavy atom. The molecule has 108 valence electrons. The van der Waals surface area contributed by atoms with Gasteiger partial charge in [0.2, 0.25) is 0 Å². The molecule has 1 unspecified atom stereocenters. The summed E-state index contributed by atoms with van der Waals surface area (Å²) >= 11 is 6.39. The summed E-state index contributed by atoms with van der Waals surface area (Å²) in [5.74, 6) is 0. The first-order chi connectivity index (χ1) is 9.46. The Morgan fingerprint density at radius 3 is 2.50 bits per heavy atom. The van der Waals surface area contributed by atoms with Crippen LogP contribution in [0.3, 0.4) is 0 Å². The molecule has 0 heterocycles. The van der Waals surface area contributed by atoms with Crippen LogP contribution in [0.15, 0.2) is 42.5 Å². The quantitative estimate of drug-likeness (QED) is 0.766. The minimum absolute atomic E-state index is 0.185. The zero-order chi connectivity index (χ0) is 14.6. The van der Waals surface area contributed by atoms with Crippen LogP contribution >= 0.6 is 11.6 Å². The van der Waals surface area contributed by atoms with Crippen LogP contribution in [-0.2, 0) is 6.54 Å². The van der Waals surface area contributed by atoms with Crippen molar-refractivity contribution in [3.63, 3.8) is 0 Å². The summed E-state index contributed by atoms with van der Waals surface area (Å²) in [7, 11) is 0. The predicted octanol–water partition coefficient (Wildman–Crippen LogP) is 4.97. The molecule has 1 nitrogen and oxygen atoms in total. The molecule has 1 atom stereocenters. The lowest BCUT2D eigenvalue weighted by atomic mass is 9.90. The average Bonchev–Trinajstić information content (AvgIpc) is 2.37. The Balaban J connectivity index is 1.93. The van der Waals surface area contributed by atoms with Gasteiger partial charge in [-0.25, -0.2) is 0 Å². The van der Waals surface area contributed by atoms with Gasteiger partial charge in [0.05, 0.1) is 0 Å². The van der Waals surface area contributed by atoms with Gasteiger partial charge >= 0.3 is 0 Å². The Bertz CT molecular complexity index is 551. The standard InChI is InChI=1S/C18H24ClN/c1-18(2,3)11-16(19)13-20-12-15-9-6-8-14-7-4-5-10-17(14)15/h4-10,16,20H,11-13H2,1-3H3. The maximum atomic E-state index is 6.39. The zero-order valence-electron chi connectivity index (χ0n) is 12.6. The summed E-state index contributed by atoms with van der Waals surface area (Å²) < 4.78 is 0. The van der Waals surface area contributed by atoms with E-state index in [0.29, 0.717) is 0 Å². The second-order valence-electron chi connectivity index (χ2n) is 6.63. The Labute approximate surface area is 127 Å². The molecule has 1 N–H and O–H groups in total. The van der Waals surface area contributed by atoms with Crippen molar-refractivity contribution >= 4 is 22.4 Å². The van der Waals surface area contributed by atoms with E-state index in [1.165, 1.54) is 16.3 Å². The highest BCUT2D eigenvalue weighted by molar-refractivity contribution is 6.20. The first-order valence-corrected chi connectivity index (χ1v) is 7.71. The number of halogens is 1. The average molecular weight is 290 g/mol. The second-order valence-corrected chi connectivity index (χ2v) is 7.25. The highest BCUT2D eigenvalue weighted by Gasteiger charge is 2.16. The van der Waals surface area contributed by atoms with E-state index in [1.54, 1.807) is 0 Å². The van der Waals surface area contributed by atoms with Gasteiger partial charge in [-0.3, -0.25) is 0 Å². The molecule has 0 fully saturated rings. The summed E-state index contributed by atoms with van der Waals surface area (Å²) in [5, 5.41) is 6.29. The van der Waals surface area contributed by atoms with Gasteiger partial charge in [0, 0.05) is 18.5 Å². The van der Waals surface area contributed by atoms with Gasteiger partial charge in [0.15, 0.2) is 0 Å². The summed E-state index contributed by atoms with van der Waals surface area (Å²) in [6.07, 6.45) is 1.02. The summed E-state index contributed by atoms with van der Waals surface area (Å²) in [6.45, 7) is 8.41. The van der Waals surface area contributed by atoms with E-state index < -0.39 is 0 Å². The molecule has 0 bridgehead atoms. The first-order valence-electron chi connectivity index (χ1n) is 7.27. The fraction of sp³-hybridized carbons (Fsp3) is 0.444. The number of alkyl halides is 1. The van der Waals surface area contributed by atoms with Gasteiger partial charge < -0.3 is 5.32 Å². The third kappa shape index (κ3) is 4.50. The molecule has 2 aromatic rings. The van der Waals surface area contributed by atoms with Crippen LogP contribution in [0.2, 0.25) is 0 Å². The molecule has 2 rings (SSSR count). The van der Waals surface area contributed by atoms with Crippen molar-refractivity contribution in [3.8, 4) is 0 Å². The normalized spacial score (nSPS) is 13.6. The van der Waals surface area contributed by atoms with Crippen molar-refractivity contribution in [1.82, 2.24) is 5.32 Å². The molecule has 2 aromatic carbocycles. The van der Waals surface area contributed by atoms with E-state index in [9.17, 15) is 0 Å². The lowest BCUT2D eigenvalue weighted by Gasteiger charge is -2.22. The Morgan fingerprint density at radius 1 is 1.05 bits per heavy atom. The van der Waals surface area contributed by atoms with Gasteiger partial charge in [-0.15, -0.1) is 11.6 Å². The lowest BCUT2D eigenvalue weighted by Crippen LogP contribution is -2.26. The number of nitrogens with one attached hydrogen (secondary N) is 1. The highest BCUT2D eigenvalue weighted by Crippen LogP contribution is 2.23. The fourth-order valence-corrected chi connectivity index (χ4v) is 3.12. The SMILES string of the molecule is CC(C)(C)CC(Cl)CNCc1cccc2ccccc12. The van der Waals surface area contributed by atoms with Crippen molar-refractivity contribution in [2.45, 2.75) is 39.1 Å². The van der Waals surface area contributed by atoms with Crippen molar-refractivity contribution < 1.29 is 0 Å². The molecule has 0 saturated heterocycles. The molecule has 0 spiro atoms. The van der Waals surface area contributed by atoms with Gasteiger partial charge in [-0.2, -0.15) is 0 Å². The minimum atomic E-state index is 0.185. The van der Waals surface area contributed by atoms with Crippen molar-refractivity contribution in [2.24, 2.45) is 5.41 Å². The van der Waals surface area contributed by atoms with Crippen LogP contribution in [0, 0.1) is 5.41 Å². The summed E-state index contributed by atoms with van der Waals surface area (Å²) in [6, 6.07) is 15.0. The molecule has 0 radical (unpaired) electrons. The van der Waals surface area contributed by atoms with E-state index >= 15 is 0 Å². The zero-order valence-corrected chi connectivity index (χ0v) is 13.4. The third-order valence-corrected chi connectivity index (χ3v) is 3.70. The number of hydrogen-bond acceptors (Lipinski definition) is 1. The topological polar surface area (TPSA) is 12.0 Å². The Hall–Kier alpha value is -1.05. The smallest absolute Gasteiger partial charge is 0.0465 e. The molecular weight excluding hydrogens is 266 g/mol. The van der Waals surface area contributed by atoms with E-state index in [2.05, 4.69) is 68.6 Å². The summed E-state index contributed by atoms with van der Waals surface area (Å²) in [4.78, 5) is 0. The van der Waals surface area contributed by atoms with Gasteiger partial charge in [0.1, 0.15) is 0 Å². The number of rotatable bonds is 5. The van der Waals surface area contributed by atoms with Crippen molar-refractivity contribution in [3.05, 3.63) is 48.0 Å². The van der Waals surface area contributed by atoms with E-state index in [1.807, 2.05) is 0 Å².